The monoisotopic (exact) mass is 168 g/mol. The van der Waals surface area contributed by atoms with Crippen molar-refractivity contribution in [3.63, 3.8) is 0 Å². The molecule has 0 spiro atoms. The van der Waals surface area contributed by atoms with Gasteiger partial charge in [-0.2, -0.15) is 0 Å². The maximum Gasteiger partial charge on any atom is 0.0580 e. The summed E-state index contributed by atoms with van der Waals surface area (Å²) >= 11 is 0. The molecule has 0 saturated heterocycles. The van der Waals surface area contributed by atoms with Crippen LogP contribution in [0, 0.1) is 17.8 Å². The topological polar surface area (TPSA) is 9.23 Å². The Labute approximate surface area is 75.5 Å². The molecule has 0 unspecified atom stereocenters. The first kappa shape index (κ1) is 8.55. The lowest BCUT2D eigenvalue weighted by atomic mass is 10.0. The van der Waals surface area contributed by atoms with E-state index < -0.39 is 0 Å². The van der Waals surface area contributed by atoms with Crippen molar-refractivity contribution in [1.82, 2.24) is 0 Å². The van der Waals surface area contributed by atoms with Crippen LogP contribution in [0.2, 0.25) is 0 Å². The average Bonchev–Trinajstić information content (AvgIpc) is 2.78. The molecule has 3 atom stereocenters. The van der Waals surface area contributed by atoms with Crippen molar-refractivity contribution in [3.05, 3.63) is 0 Å². The molecule has 2 rings (SSSR count). The van der Waals surface area contributed by atoms with Crippen molar-refractivity contribution in [1.29, 1.82) is 0 Å². The van der Waals surface area contributed by atoms with E-state index in [0.717, 1.165) is 24.4 Å². The summed E-state index contributed by atoms with van der Waals surface area (Å²) in [4.78, 5) is 0. The molecule has 1 heteroatoms. The predicted molar refractivity (Wildman–Crippen MR) is 50.0 cm³/mol. The molecule has 0 heterocycles. The van der Waals surface area contributed by atoms with Gasteiger partial charge in [-0.3, -0.25) is 0 Å². The minimum absolute atomic E-state index is 0.531. The summed E-state index contributed by atoms with van der Waals surface area (Å²) in [6.07, 6.45) is 6.43. The number of fused-ring (bicyclic) bond motifs is 1. The minimum atomic E-state index is 0.531. The van der Waals surface area contributed by atoms with Crippen LogP contribution in [-0.4, -0.2) is 12.7 Å². The normalized spacial score (nSPS) is 42.0. The molecule has 0 aromatic carbocycles. The fourth-order valence-electron chi connectivity index (χ4n) is 3.12. The highest BCUT2D eigenvalue weighted by Crippen LogP contribution is 2.57. The Hall–Kier alpha value is -0.0400. The summed E-state index contributed by atoms with van der Waals surface area (Å²) in [5, 5.41) is 0. The molecule has 2 saturated carbocycles. The maximum absolute atomic E-state index is 5.66. The van der Waals surface area contributed by atoms with E-state index in [-0.39, 0.29) is 0 Å². The van der Waals surface area contributed by atoms with E-state index in [2.05, 4.69) is 13.8 Å². The number of hydrogen-bond acceptors (Lipinski definition) is 1. The Morgan fingerprint density at radius 3 is 2.33 bits per heavy atom. The largest absolute Gasteiger partial charge is 0.378 e. The van der Waals surface area contributed by atoms with Gasteiger partial charge in [-0.05, 0) is 44.4 Å². The predicted octanol–water partition coefficient (Wildman–Crippen LogP) is 2.85. The van der Waals surface area contributed by atoms with Crippen molar-refractivity contribution in [2.75, 3.05) is 6.61 Å². The lowest BCUT2D eigenvalue weighted by Crippen LogP contribution is -2.12. The van der Waals surface area contributed by atoms with Crippen LogP contribution in [0.4, 0.5) is 0 Å². The molecule has 2 fully saturated rings. The number of rotatable bonds is 3. The summed E-state index contributed by atoms with van der Waals surface area (Å²) < 4.78 is 5.66. The van der Waals surface area contributed by atoms with Crippen LogP contribution < -0.4 is 0 Å². The molecule has 1 nitrogen and oxygen atoms in total. The van der Waals surface area contributed by atoms with Crippen LogP contribution in [0.15, 0.2) is 0 Å². The summed E-state index contributed by atoms with van der Waals surface area (Å²) in [5.41, 5.74) is 0. The second-order valence-corrected chi connectivity index (χ2v) is 4.35. The van der Waals surface area contributed by atoms with E-state index in [1.807, 2.05) is 0 Å². The zero-order chi connectivity index (χ0) is 8.55. The van der Waals surface area contributed by atoms with E-state index in [0.29, 0.717) is 6.10 Å². The first-order valence-electron chi connectivity index (χ1n) is 5.46. The van der Waals surface area contributed by atoms with Gasteiger partial charge in [0.15, 0.2) is 0 Å². The Bertz CT molecular complexity index is 143. The van der Waals surface area contributed by atoms with E-state index in [9.17, 15) is 0 Å². The van der Waals surface area contributed by atoms with Crippen LogP contribution >= 0.6 is 0 Å². The minimum Gasteiger partial charge on any atom is -0.378 e. The van der Waals surface area contributed by atoms with Gasteiger partial charge in [0.1, 0.15) is 0 Å². The van der Waals surface area contributed by atoms with E-state index in [1.54, 1.807) is 0 Å². The molecular weight excluding hydrogens is 148 g/mol. The maximum atomic E-state index is 5.66. The molecule has 0 N–H and O–H groups in total. The lowest BCUT2D eigenvalue weighted by molar-refractivity contribution is 0.0541. The van der Waals surface area contributed by atoms with Crippen molar-refractivity contribution < 1.29 is 4.74 Å². The third-order valence-corrected chi connectivity index (χ3v) is 3.69. The Balaban J connectivity index is 1.83. The van der Waals surface area contributed by atoms with Gasteiger partial charge in [0.05, 0.1) is 6.10 Å². The Morgan fingerprint density at radius 2 is 1.83 bits per heavy atom. The first-order valence-corrected chi connectivity index (χ1v) is 5.46. The van der Waals surface area contributed by atoms with Crippen molar-refractivity contribution in [2.24, 2.45) is 17.8 Å². The molecular formula is C11H20O. The third-order valence-electron chi connectivity index (χ3n) is 3.69. The van der Waals surface area contributed by atoms with Gasteiger partial charge < -0.3 is 4.74 Å². The Kier molecular flexibility index (Phi) is 2.40. The van der Waals surface area contributed by atoms with Gasteiger partial charge in [-0.25, -0.2) is 0 Å². The van der Waals surface area contributed by atoms with Crippen molar-refractivity contribution >= 4 is 0 Å². The van der Waals surface area contributed by atoms with Gasteiger partial charge >= 0.3 is 0 Å². The zero-order valence-electron chi connectivity index (χ0n) is 8.25. The molecule has 0 aliphatic heterocycles. The first-order chi connectivity index (χ1) is 5.84. The average molecular weight is 168 g/mol. The van der Waals surface area contributed by atoms with Crippen LogP contribution in [-0.2, 0) is 4.74 Å². The molecule has 2 aliphatic carbocycles. The fourth-order valence-corrected chi connectivity index (χ4v) is 3.12. The third kappa shape index (κ3) is 1.39. The van der Waals surface area contributed by atoms with Crippen LogP contribution in [0.1, 0.15) is 39.5 Å². The van der Waals surface area contributed by atoms with Crippen LogP contribution in [0.3, 0.4) is 0 Å². The quantitative estimate of drug-likeness (QED) is 0.629. The van der Waals surface area contributed by atoms with Gasteiger partial charge in [-0.15, -0.1) is 0 Å². The highest BCUT2D eigenvalue weighted by atomic mass is 16.5. The second kappa shape index (κ2) is 3.37. The summed E-state index contributed by atoms with van der Waals surface area (Å²) in [7, 11) is 0. The van der Waals surface area contributed by atoms with Crippen molar-refractivity contribution in [2.45, 2.75) is 45.6 Å². The van der Waals surface area contributed by atoms with E-state index >= 15 is 0 Å². The fraction of sp³-hybridized carbons (Fsp3) is 1.00. The molecule has 0 bridgehead atoms. The highest BCUT2D eigenvalue weighted by molar-refractivity contribution is 5.01. The van der Waals surface area contributed by atoms with E-state index in [1.165, 1.54) is 25.7 Å². The van der Waals surface area contributed by atoms with E-state index in [4.69, 9.17) is 4.74 Å². The number of ether oxygens (including phenoxy) is 1. The molecule has 0 aromatic heterocycles. The van der Waals surface area contributed by atoms with Gasteiger partial charge in [0.25, 0.3) is 0 Å². The smallest absolute Gasteiger partial charge is 0.0580 e. The van der Waals surface area contributed by atoms with Gasteiger partial charge in [-0.1, -0.05) is 12.8 Å². The lowest BCUT2D eigenvalue weighted by Gasteiger charge is -2.10. The molecule has 0 radical (unpaired) electrons. The zero-order valence-corrected chi connectivity index (χ0v) is 8.25. The molecule has 12 heavy (non-hydrogen) atoms. The summed E-state index contributed by atoms with van der Waals surface area (Å²) in [6.45, 7) is 5.24. The van der Waals surface area contributed by atoms with Crippen LogP contribution in [0.25, 0.3) is 0 Å². The second-order valence-electron chi connectivity index (χ2n) is 4.35. The highest BCUT2D eigenvalue weighted by Gasteiger charge is 2.53. The molecule has 0 aromatic rings. The van der Waals surface area contributed by atoms with Gasteiger partial charge in [0, 0.05) is 6.61 Å². The van der Waals surface area contributed by atoms with Gasteiger partial charge in [0.2, 0.25) is 0 Å². The summed E-state index contributed by atoms with van der Waals surface area (Å²) in [6, 6.07) is 0. The van der Waals surface area contributed by atoms with Crippen molar-refractivity contribution in [3.8, 4) is 0 Å². The standard InChI is InChI=1S/C11H20O/c1-3-12-8(2)11-9-6-4-5-7-10(9)11/h8-11H,3-7H2,1-2H3/t8-,9-,10-/m1/s1. The molecule has 2 aliphatic rings. The molecule has 0 amide bonds. The molecule has 70 valence electrons. The number of hydrogen-bond donors (Lipinski definition) is 0. The summed E-state index contributed by atoms with van der Waals surface area (Å²) in [5.74, 6) is 3.01. The Morgan fingerprint density at radius 1 is 1.25 bits per heavy atom. The van der Waals surface area contributed by atoms with Crippen LogP contribution in [0.5, 0.6) is 0 Å². The SMILES string of the molecule is CCO[C@H](C)C1[C@@H]2CCCC[C@@H]12.